The standard InChI is InChI=1S/C17H18Cl2N2S2/c1-12-2-5-14(6-3-12)21-17(22)20-8-9-23-11-13-4-7-15(18)16(19)10-13/h2-7,10H,8-9,11H2,1H3,(H2,20,21,22). The number of rotatable bonds is 6. The third-order valence-corrected chi connectivity index (χ3v) is 5.11. The molecule has 0 fully saturated rings. The van der Waals surface area contributed by atoms with Gasteiger partial charge in [0.05, 0.1) is 10.0 Å². The largest absolute Gasteiger partial charge is 0.362 e. The summed E-state index contributed by atoms with van der Waals surface area (Å²) in [5.74, 6) is 1.85. The topological polar surface area (TPSA) is 24.1 Å². The van der Waals surface area contributed by atoms with E-state index in [1.54, 1.807) is 0 Å². The van der Waals surface area contributed by atoms with E-state index in [0.717, 1.165) is 23.7 Å². The smallest absolute Gasteiger partial charge is 0.170 e. The molecule has 2 aromatic rings. The zero-order valence-corrected chi connectivity index (χ0v) is 15.9. The molecule has 0 saturated carbocycles. The second-order valence-corrected chi connectivity index (χ2v) is 7.38. The van der Waals surface area contributed by atoms with Crippen LogP contribution in [0.3, 0.4) is 0 Å². The molecule has 0 unspecified atom stereocenters. The Hall–Kier alpha value is -0.940. The highest BCUT2D eigenvalue weighted by Crippen LogP contribution is 2.24. The van der Waals surface area contributed by atoms with Gasteiger partial charge in [0.2, 0.25) is 0 Å². The van der Waals surface area contributed by atoms with Gasteiger partial charge < -0.3 is 10.6 Å². The molecule has 2 nitrogen and oxygen atoms in total. The molecule has 0 spiro atoms. The number of benzene rings is 2. The van der Waals surface area contributed by atoms with E-state index in [-0.39, 0.29) is 0 Å². The minimum absolute atomic E-state index is 0.592. The van der Waals surface area contributed by atoms with Gasteiger partial charge in [0, 0.05) is 23.7 Å². The van der Waals surface area contributed by atoms with E-state index >= 15 is 0 Å². The summed E-state index contributed by atoms with van der Waals surface area (Å²) < 4.78 is 0. The number of hydrogen-bond acceptors (Lipinski definition) is 2. The van der Waals surface area contributed by atoms with Gasteiger partial charge in [-0.25, -0.2) is 0 Å². The zero-order chi connectivity index (χ0) is 16.7. The molecule has 0 aliphatic heterocycles. The van der Waals surface area contributed by atoms with Crippen molar-refractivity contribution in [3.63, 3.8) is 0 Å². The van der Waals surface area contributed by atoms with E-state index in [2.05, 4.69) is 29.7 Å². The van der Waals surface area contributed by atoms with Crippen LogP contribution in [0.1, 0.15) is 11.1 Å². The van der Waals surface area contributed by atoms with Crippen molar-refractivity contribution in [2.75, 3.05) is 17.6 Å². The van der Waals surface area contributed by atoms with Gasteiger partial charge in [-0.1, -0.05) is 47.0 Å². The van der Waals surface area contributed by atoms with Crippen molar-refractivity contribution in [2.45, 2.75) is 12.7 Å². The molecule has 122 valence electrons. The molecular formula is C17H18Cl2N2S2. The first-order chi connectivity index (χ1) is 11.0. The summed E-state index contributed by atoms with van der Waals surface area (Å²) in [6.45, 7) is 2.87. The van der Waals surface area contributed by atoms with Crippen LogP contribution in [-0.4, -0.2) is 17.4 Å². The van der Waals surface area contributed by atoms with Crippen LogP contribution in [-0.2, 0) is 5.75 Å². The Bertz CT molecular complexity index is 660. The average molecular weight is 385 g/mol. The molecule has 2 rings (SSSR count). The van der Waals surface area contributed by atoms with Gasteiger partial charge >= 0.3 is 0 Å². The summed E-state index contributed by atoms with van der Waals surface area (Å²) in [5.41, 5.74) is 3.40. The van der Waals surface area contributed by atoms with Crippen LogP contribution in [0, 0.1) is 6.92 Å². The zero-order valence-electron chi connectivity index (χ0n) is 12.7. The van der Waals surface area contributed by atoms with E-state index in [1.165, 1.54) is 11.1 Å². The Morgan fingerprint density at radius 2 is 1.83 bits per heavy atom. The fourth-order valence-corrected chi connectivity index (χ4v) is 3.21. The minimum Gasteiger partial charge on any atom is -0.362 e. The van der Waals surface area contributed by atoms with Crippen molar-refractivity contribution >= 4 is 58.0 Å². The molecule has 0 bridgehead atoms. The monoisotopic (exact) mass is 384 g/mol. The third kappa shape index (κ3) is 6.60. The number of aryl methyl sites for hydroxylation is 1. The lowest BCUT2D eigenvalue weighted by Crippen LogP contribution is -2.30. The van der Waals surface area contributed by atoms with E-state index in [0.29, 0.717) is 15.2 Å². The van der Waals surface area contributed by atoms with E-state index in [9.17, 15) is 0 Å². The second kappa shape index (κ2) is 9.38. The van der Waals surface area contributed by atoms with Gasteiger partial charge in [0.15, 0.2) is 5.11 Å². The number of nitrogens with one attached hydrogen (secondary N) is 2. The van der Waals surface area contributed by atoms with Crippen molar-refractivity contribution in [1.82, 2.24) is 5.32 Å². The number of hydrogen-bond donors (Lipinski definition) is 2. The minimum atomic E-state index is 0.592. The lowest BCUT2D eigenvalue weighted by Gasteiger charge is -2.10. The summed E-state index contributed by atoms with van der Waals surface area (Å²) in [4.78, 5) is 0. The molecule has 6 heteroatoms. The molecule has 0 amide bonds. The van der Waals surface area contributed by atoms with Crippen LogP contribution in [0.15, 0.2) is 42.5 Å². The maximum absolute atomic E-state index is 6.00. The lowest BCUT2D eigenvalue weighted by atomic mass is 10.2. The maximum atomic E-state index is 6.00. The predicted octanol–water partition coefficient (Wildman–Crippen LogP) is 5.52. The van der Waals surface area contributed by atoms with Crippen LogP contribution < -0.4 is 10.6 Å². The fraction of sp³-hybridized carbons (Fsp3) is 0.235. The highest BCUT2D eigenvalue weighted by atomic mass is 35.5. The molecule has 2 aromatic carbocycles. The molecule has 0 aliphatic carbocycles. The molecule has 0 atom stereocenters. The summed E-state index contributed by atoms with van der Waals surface area (Å²) in [6.07, 6.45) is 0. The Morgan fingerprint density at radius 1 is 1.09 bits per heavy atom. The molecule has 0 aromatic heterocycles. The third-order valence-electron chi connectivity index (χ3n) is 3.09. The van der Waals surface area contributed by atoms with Crippen LogP contribution in [0.4, 0.5) is 5.69 Å². The summed E-state index contributed by atoms with van der Waals surface area (Å²) >= 11 is 19.0. The maximum Gasteiger partial charge on any atom is 0.170 e. The quantitative estimate of drug-likeness (QED) is 0.505. The summed E-state index contributed by atoms with van der Waals surface area (Å²) in [6, 6.07) is 13.9. The molecule has 0 aliphatic rings. The molecule has 2 N–H and O–H groups in total. The fourth-order valence-electron chi connectivity index (χ4n) is 1.87. The Morgan fingerprint density at radius 3 is 2.52 bits per heavy atom. The Balaban J connectivity index is 1.64. The molecular weight excluding hydrogens is 367 g/mol. The van der Waals surface area contributed by atoms with Gasteiger partial charge in [0.25, 0.3) is 0 Å². The first-order valence-corrected chi connectivity index (χ1v) is 9.49. The van der Waals surface area contributed by atoms with Gasteiger partial charge in [-0.05, 0) is 49.0 Å². The Labute approximate surface area is 157 Å². The van der Waals surface area contributed by atoms with Crippen LogP contribution in [0.25, 0.3) is 0 Å². The molecule has 0 heterocycles. The summed E-state index contributed by atoms with van der Waals surface area (Å²) in [7, 11) is 0. The van der Waals surface area contributed by atoms with Crippen molar-refractivity contribution < 1.29 is 0 Å². The first-order valence-electron chi connectivity index (χ1n) is 7.18. The average Bonchev–Trinajstić information content (AvgIpc) is 2.53. The van der Waals surface area contributed by atoms with Crippen LogP contribution >= 0.6 is 47.2 Å². The first kappa shape index (κ1) is 18.4. The van der Waals surface area contributed by atoms with E-state index < -0.39 is 0 Å². The normalized spacial score (nSPS) is 10.4. The van der Waals surface area contributed by atoms with E-state index in [1.807, 2.05) is 42.1 Å². The number of thiocarbonyl (C=S) groups is 1. The second-order valence-electron chi connectivity index (χ2n) is 5.05. The van der Waals surface area contributed by atoms with Crippen LogP contribution in [0.2, 0.25) is 10.0 Å². The van der Waals surface area contributed by atoms with Gasteiger partial charge in [-0.15, -0.1) is 0 Å². The van der Waals surface area contributed by atoms with Crippen molar-refractivity contribution in [3.8, 4) is 0 Å². The SMILES string of the molecule is Cc1ccc(NC(=S)NCCSCc2ccc(Cl)c(Cl)c2)cc1. The van der Waals surface area contributed by atoms with Gasteiger partial charge in [0.1, 0.15) is 0 Å². The predicted molar refractivity (Wildman–Crippen MR) is 108 cm³/mol. The number of anilines is 1. The number of thioether (sulfide) groups is 1. The number of halogens is 2. The molecule has 23 heavy (non-hydrogen) atoms. The lowest BCUT2D eigenvalue weighted by molar-refractivity contribution is 0.990. The summed E-state index contributed by atoms with van der Waals surface area (Å²) in [5, 5.41) is 8.21. The van der Waals surface area contributed by atoms with Crippen molar-refractivity contribution in [3.05, 3.63) is 63.6 Å². The Kier molecular flexibility index (Phi) is 7.50. The molecule has 0 radical (unpaired) electrons. The van der Waals surface area contributed by atoms with Crippen LogP contribution in [0.5, 0.6) is 0 Å². The van der Waals surface area contributed by atoms with Gasteiger partial charge in [-0.2, -0.15) is 11.8 Å². The van der Waals surface area contributed by atoms with Crippen molar-refractivity contribution in [1.29, 1.82) is 0 Å². The van der Waals surface area contributed by atoms with Crippen molar-refractivity contribution in [2.24, 2.45) is 0 Å². The highest BCUT2D eigenvalue weighted by Gasteiger charge is 2.01. The van der Waals surface area contributed by atoms with E-state index in [4.69, 9.17) is 35.4 Å². The highest BCUT2D eigenvalue weighted by molar-refractivity contribution is 7.98. The molecule has 0 saturated heterocycles. The van der Waals surface area contributed by atoms with Gasteiger partial charge in [-0.3, -0.25) is 0 Å².